The van der Waals surface area contributed by atoms with Gasteiger partial charge >= 0.3 is 6.03 Å². The number of para-hydroxylation sites is 1. The minimum atomic E-state index is -0.204. The summed E-state index contributed by atoms with van der Waals surface area (Å²) in [5.41, 5.74) is 1.02. The number of fused-ring (bicyclic) bond motifs is 1. The Kier molecular flexibility index (Phi) is 3.54. The van der Waals surface area contributed by atoms with Crippen molar-refractivity contribution in [3.63, 3.8) is 0 Å². The number of carbonyl (C=O) groups excluding carboxylic acids is 2. The Morgan fingerprint density at radius 2 is 2.13 bits per heavy atom. The number of likely N-dealkylation sites (N-methyl/N-ethyl adjacent to an activating group) is 1. The molecule has 1 aromatic heterocycles. The van der Waals surface area contributed by atoms with Gasteiger partial charge in [-0.05, 0) is 25.0 Å². The molecule has 0 saturated carbocycles. The molecule has 23 heavy (non-hydrogen) atoms. The number of hydrogen-bond donors (Lipinski definition) is 0. The summed E-state index contributed by atoms with van der Waals surface area (Å²) >= 11 is 1.71. The summed E-state index contributed by atoms with van der Waals surface area (Å²) in [7, 11) is 1.66. The predicted octanol–water partition coefficient (Wildman–Crippen LogP) is 2.28. The molecule has 0 spiro atoms. The molecule has 3 heterocycles. The number of rotatable bonds is 3. The van der Waals surface area contributed by atoms with Crippen LogP contribution in [0.15, 0.2) is 24.3 Å². The average molecular weight is 330 g/mol. The van der Waals surface area contributed by atoms with Gasteiger partial charge in [0.1, 0.15) is 11.6 Å². The zero-order valence-electron chi connectivity index (χ0n) is 12.9. The monoisotopic (exact) mass is 330 g/mol. The lowest BCUT2D eigenvalue weighted by Crippen LogP contribution is -2.41. The summed E-state index contributed by atoms with van der Waals surface area (Å²) < 4.78 is 1.18. The summed E-state index contributed by atoms with van der Waals surface area (Å²) in [6.45, 7) is 1.43. The van der Waals surface area contributed by atoms with Crippen LogP contribution in [0.2, 0.25) is 0 Å². The van der Waals surface area contributed by atoms with Crippen LogP contribution in [0.5, 0.6) is 0 Å². The maximum absolute atomic E-state index is 12.1. The van der Waals surface area contributed by atoms with Crippen molar-refractivity contribution in [2.75, 3.05) is 26.8 Å². The standard InChI is InChI=1S/C16H18N4O2S/c1-18-9-14(21)20(16(18)22)10-19-8-4-6-12(19)15-17-11-5-2-3-7-13(11)23-15/h2-3,5,7,12H,4,6,8-10H2,1H3/t12-/m0/s1. The second kappa shape index (κ2) is 5.58. The highest BCUT2D eigenvalue weighted by Gasteiger charge is 2.38. The van der Waals surface area contributed by atoms with Gasteiger partial charge in [-0.2, -0.15) is 0 Å². The first kappa shape index (κ1) is 14.6. The van der Waals surface area contributed by atoms with Crippen molar-refractivity contribution >= 4 is 33.5 Å². The highest BCUT2D eigenvalue weighted by Crippen LogP contribution is 2.36. The van der Waals surface area contributed by atoms with Gasteiger partial charge < -0.3 is 4.90 Å². The number of aromatic nitrogens is 1. The third kappa shape index (κ3) is 2.49. The Labute approximate surface area is 138 Å². The number of thiazole rings is 1. The predicted molar refractivity (Wildman–Crippen MR) is 88.0 cm³/mol. The smallest absolute Gasteiger partial charge is 0.318 e. The fourth-order valence-electron chi connectivity index (χ4n) is 3.30. The van der Waals surface area contributed by atoms with Crippen LogP contribution < -0.4 is 0 Å². The molecule has 2 aliphatic rings. The summed E-state index contributed by atoms with van der Waals surface area (Å²) in [5, 5.41) is 1.08. The molecule has 2 aromatic rings. The molecule has 1 atom stereocenters. The molecule has 0 aliphatic carbocycles. The summed E-state index contributed by atoms with van der Waals surface area (Å²) in [6.07, 6.45) is 2.08. The molecule has 2 aliphatic heterocycles. The van der Waals surface area contributed by atoms with E-state index in [9.17, 15) is 9.59 Å². The van der Waals surface area contributed by atoms with Gasteiger partial charge in [-0.25, -0.2) is 14.7 Å². The number of amides is 3. The Hall–Kier alpha value is -1.99. The second-order valence-corrected chi connectivity index (χ2v) is 7.15. The van der Waals surface area contributed by atoms with Crippen molar-refractivity contribution in [2.24, 2.45) is 0 Å². The largest absolute Gasteiger partial charge is 0.328 e. The van der Waals surface area contributed by atoms with E-state index in [2.05, 4.69) is 11.0 Å². The lowest BCUT2D eigenvalue weighted by atomic mass is 10.2. The molecule has 2 saturated heterocycles. The van der Waals surface area contributed by atoms with Crippen molar-refractivity contribution in [1.82, 2.24) is 19.7 Å². The molecule has 6 nitrogen and oxygen atoms in total. The normalized spacial score (nSPS) is 22.7. The van der Waals surface area contributed by atoms with Crippen LogP contribution in [0.3, 0.4) is 0 Å². The van der Waals surface area contributed by atoms with Crippen LogP contribution in [0.25, 0.3) is 10.2 Å². The highest BCUT2D eigenvalue weighted by molar-refractivity contribution is 7.18. The van der Waals surface area contributed by atoms with E-state index in [0.717, 1.165) is 29.9 Å². The Morgan fingerprint density at radius 1 is 1.30 bits per heavy atom. The lowest BCUT2D eigenvalue weighted by molar-refractivity contribution is -0.126. The molecule has 120 valence electrons. The van der Waals surface area contributed by atoms with Gasteiger partial charge in [-0.15, -0.1) is 11.3 Å². The molecular formula is C16H18N4O2S. The van der Waals surface area contributed by atoms with Gasteiger partial charge in [-0.1, -0.05) is 12.1 Å². The quantitative estimate of drug-likeness (QED) is 0.810. The number of benzene rings is 1. The minimum Gasteiger partial charge on any atom is -0.318 e. The zero-order valence-corrected chi connectivity index (χ0v) is 13.8. The number of imide groups is 1. The third-order valence-corrected chi connectivity index (χ3v) is 5.65. The Bertz CT molecular complexity index is 741. The highest BCUT2D eigenvalue weighted by atomic mass is 32.1. The average Bonchev–Trinajstić information content (AvgIpc) is 3.22. The van der Waals surface area contributed by atoms with Crippen LogP contribution >= 0.6 is 11.3 Å². The molecular weight excluding hydrogens is 312 g/mol. The Morgan fingerprint density at radius 3 is 2.87 bits per heavy atom. The SMILES string of the molecule is CN1CC(=O)N(CN2CCC[C@H]2c2nc3ccccc3s2)C1=O. The topological polar surface area (TPSA) is 56.8 Å². The number of hydrogen-bond acceptors (Lipinski definition) is 5. The Balaban J connectivity index is 1.57. The second-order valence-electron chi connectivity index (χ2n) is 6.09. The number of carbonyl (C=O) groups is 2. The fraction of sp³-hybridized carbons (Fsp3) is 0.438. The van der Waals surface area contributed by atoms with Gasteiger partial charge in [0.05, 0.1) is 22.9 Å². The molecule has 0 bridgehead atoms. The van der Waals surface area contributed by atoms with Gasteiger partial charge in [0, 0.05) is 13.6 Å². The number of urea groups is 1. The van der Waals surface area contributed by atoms with Gasteiger partial charge in [-0.3, -0.25) is 9.69 Å². The van der Waals surface area contributed by atoms with E-state index in [4.69, 9.17) is 4.98 Å². The summed E-state index contributed by atoms with van der Waals surface area (Å²) in [4.78, 5) is 33.8. The van der Waals surface area contributed by atoms with Crippen molar-refractivity contribution in [1.29, 1.82) is 0 Å². The molecule has 0 N–H and O–H groups in total. The van der Waals surface area contributed by atoms with Crippen molar-refractivity contribution < 1.29 is 9.59 Å². The zero-order chi connectivity index (χ0) is 16.0. The van der Waals surface area contributed by atoms with E-state index >= 15 is 0 Å². The van der Waals surface area contributed by atoms with Crippen molar-refractivity contribution in [3.8, 4) is 0 Å². The molecule has 1 aromatic carbocycles. The van der Waals surface area contributed by atoms with Crippen LogP contribution in [-0.4, -0.2) is 58.4 Å². The van der Waals surface area contributed by atoms with Crippen LogP contribution in [0.4, 0.5) is 4.79 Å². The van der Waals surface area contributed by atoms with E-state index in [1.165, 1.54) is 14.5 Å². The van der Waals surface area contributed by atoms with Gasteiger partial charge in [0.2, 0.25) is 0 Å². The summed E-state index contributed by atoms with van der Waals surface area (Å²) in [6, 6.07) is 8.11. The van der Waals surface area contributed by atoms with Crippen LogP contribution in [0, 0.1) is 0 Å². The lowest BCUT2D eigenvalue weighted by Gasteiger charge is -2.26. The number of nitrogens with zero attached hydrogens (tertiary/aromatic N) is 4. The van der Waals surface area contributed by atoms with Crippen molar-refractivity contribution in [3.05, 3.63) is 29.3 Å². The van der Waals surface area contributed by atoms with Gasteiger partial charge in [0.15, 0.2) is 0 Å². The number of likely N-dealkylation sites (tertiary alicyclic amines) is 1. The molecule has 7 heteroatoms. The molecule has 3 amide bonds. The first-order valence-electron chi connectivity index (χ1n) is 7.78. The molecule has 2 fully saturated rings. The first-order valence-corrected chi connectivity index (χ1v) is 8.60. The summed E-state index contributed by atoms with van der Waals surface area (Å²) in [5.74, 6) is -0.118. The van der Waals surface area contributed by atoms with E-state index in [1.807, 2.05) is 18.2 Å². The van der Waals surface area contributed by atoms with Crippen molar-refractivity contribution in [2.45, 2.75) is 18.9 Å². The maximum Gasteiger partial charge on any atom is 0.328 e. The minimum absolute atomic E-state index is 0.118. The molecule has 0 radical (unpaired) electrons. The third-order valence-electron chi connectivity index (χ3n) is 4.51. The van der Waals surface area contributed by atoms with Gasteiger partial charge in [0.25, 0.3) is 5.91 Å². The first-order chi connectivity index (χ1) is 11.1. The molecule has 0 unspecified atom stereocenters. The molecule has 4 rings (SSSR count). The van der Waals surface area contributed by atoms with E-state index in [-0.39, 0.29) is 24.5 Å². The van der Waals surface area contributed by atoms with Crippen LogP contribution in [0.1, 0.15) is 23.9 Å². The fourth-order valence-corrected chi connectivity index (χ4v) is 4.43. The van der Waals surface area contributed by atoms with E-state index in [1.54, 1.807) is 18.4 Å². The van der Waals surface area contributed by atoms with E-state index in [0.29, 0.717) is 6.67 Å². The van der Waals surface area contributed by atoms with Crippen LogP contribution in [-0.2, 0) is 4.79 Å². The van der Waals surface area contributed by atoms with E-state index < -0.39 is 0 Å². The maximum atomic E-state index is 12.1.